The summed E-state index contributed by atoms with van der Waals surface area (Å²) < 4.78 is 39.8. The molecule has 0 unspecified atom stereocenters. The highest BCUT2D eigenvalue weighted by molar-refractivity contribution is 5.89. The van der Waals surface area contributed by atoms with Gasteiger partial charge in [0.1, 0.15) is 18.1 Å². The van der Waals surface area contributed by atoms with Gasteiger partial charge in [-0.15, -0.1) is 0 Å². The first-order chi connectivity index (χ1) is 14.9. The lowest BCUT2D eigenvalue weighted by Gasteiger charge is -2.06. The number of hydrogen-bond donors (Lipinski definition) is 1. The van der Waals surface area contributed by atoms with Crippen LogP contribution in [0.2, 0.25) is 0 Å². The molecule has 0 saturated carbocycles. The van der Waals surface area contributed by atoms with Crippen LogP contribution in [0.4, 0.5) is 19.0 Å². The summed E-state index contributed by atoms with van der Waals surface area (Å²) in [5.74, 6) is -0.0471. The Morgan fingerprint density at radius 3 is 2.52 bits per heavy atom. The van der Waals surface area contributed by atoms with Crippen molar-refractivity contribution in [1.29, 1.82) is 0 Å². The van der Waals surface area contributed by atoms with Crippen molar-refractivity contribution in [3.63, 3.8) is 0 Å². The van der Waals surface area contributed by atoms with Crippen molar-refractivity contribution in [2.75, 3.05) is 5.32 Å². The van der Waals surface area contributed by atoms with E-state index >= 15 is 0 Å². The lowest BCUT2D eigenvalue weighted by molar-refractivity contribution is -0.141. The topological polar surface area (TPSA) is 98.5 Å². The number of anilines is 1. The van der Waals surface area contributed by atoms with Crippen molar-refractivity contribution < 1.29 is 18.0 Å². The average molecular weight is 425 g/mol. The summed E-state index contributed by atoms with van der Waals surface area (Å²) in [5.41, 5.74) is 1.15. The zero-order valence-electron chi connectivity index (χ0n) is 15.8. The monoisotopic (exact) mass is 425 g/mol. The molecule has 8 nitrogen and oxygen atoms in total. The van der Waals surface area contributed by atoms with Crippen LogP contribution in [0.25, 0.3) is 22.4 Å². The largest absolute Gasteiger partial charge is 0.433 e. The second-order valence-corrected chi connectivity index (χ2v) is 6.43. The van der Waals surface area contributed by atoms with Crippen molar-refractivity contribution in [1.82, 2.24) is 29.7 Å². The van der Waals surface area contributed by atoms with Crippen LogP contribution in [0.5, 0.6) is 0 Å². The highest BCUT2D eigenvalue weighted by Gasteiger charge is 2.32. The predicted molar refractivity (Wildman–Crippen MR) is 104 cm³/mol. The maximum Gasteiger partial charge on any atom is 0.433 e. The average Bonchev–Trinajstić information content (AvgIpc) is 3.23. The molecule has 0 radical (unpaired) electrons. The van der Waals surface area contributed by atoms with E-state index in [2.05, 4.69) is 30.4 Å². The third kappa shape index (κ3) is 4.89. The Hall–Kier alpha value is -4.15. The fourth-order valence-corrected chi connectivity index (χ4v) is 2.76. The molecule has 1 amide bonds. The number of pyridine rings is 2. The van der Waals surface area contributed by atoms with E-state index in [0.717, 1.165) is 17.8 Å². The molecule has 4 rings (SSSR count). The van der Waals surface area contributed by atoms with Crippen LogP contribution < -0.4 is 5.32 Å². The summed E-state index contributed by atoms with van der Waals surface area (Å²) in [6.07, 6.45) is 5.71. The second kappa shape index (κ2) is 8.30. The van der Waals surface area contributed by atoms with Crippen molar-refractivity contribution in [2.45, 2.75) is 12.7 Å². The summed E-state index contributed by atoms with van der Waals surface area (Å²) in [4.78, 5) is 28.0. The number of carbonyl (C=O) groups is 1. The molecule has 0 atom stereocenters. The third-order valence-electron chi connectivity index (χ3n) is 4.21. The Balaban J connectivity index is 1.40. The van der Waals surface area contributed by atoms with Gasteiger partial charge >= 0.3 is 6.18 Å². The maximum absolute atomic E-state index is 12.8. The van der Waals surface area contributed by atoms with Crippen LogP contribution in [-0.2, 0) is 17.5 Å². The highest BCUT2D eigenvalue weighted by Crippen LogP contribution is 2.30. The van der Waals surface area contributed by atoms with Gasteiger partial charge in [-0.05, 0) is 29.8 Å². The van der Waals surface area contributed by atoms with Crippen molar-refractivity contribution in [3.8, 4) is 22.4 Å². The van der Waals surface area contributed by atoms with Gasteiger partial charge < -0.3 is 5.32 Å². The molecule has 0 aliphatic rings. The van der Waals surface area contributed by atoms with E-state index in [0.29, 0.717) is 22.6 Å². The van der Waals surface area contributed by atoms with Crippen LogP contribution in [0.15, 0.2) is 67.6 Å². The Labute approximate surface area is 173 Å². The third-order valence-corrected chi connectivity index (χ3v) is 4.21. The second-order valence-electron chi connectivity index (χ2n) is 6.43. The molecule has 0 aliphatic carbocycles. The zero-order chi connectivity index (χ0) is 21.8. The van der Waals surface area contributed by atoms with Crippen LogP contribution in [0.1, 0.15) is 5.69 Å². The van der Waals surface area contributed by atoms with Gasteiger partial charge in [-0.2, -0.15) is 18.3 Å². The number of carbonyl (C=O) groups excluding carboxylic acids is 1. The van der Waals surface area contributed by atoms with E-state index in [1.165, 1.54) is 23.1 Å². The quantitative estimate of drug-likeness (QED) is 0.526. The number of nitrogens with one attached hydrogen (secondary N) is 1. The number of nitrogens with zero attached hydrogens (tertiary/aromatic N) is 6. The molecule has 4 aromatic heterocycles. The van der Waals surface area contributed by atoms with E-state index in [1.54, 1.807) is 36.9 Å². The lowest BCUT2D eigenvalue weighted by atomic mass is 10.1. The van der Waals surface area contributed by atoms with Crippen LogP contribution >= 0.6 is 0 Å². The van der Waals surface area contributed by atoms with Gasteiger partial charge in [0.25, 0.3) is 0 Å². The fraction of sp³-hybridized carbons (Fsp3) is 0.100. The first-order valence-corrected chi connectivity index (χ1v) is 8.97. The minimum absolute atomic E-state index is 0.134. The minimum Gasteiger partial charge on any atom is -0.309 e. The number of aromatic nitrogens is 6. The van der Waals surface area contributed by atoms with E-state index < -0.39 is 11.9 Å². The van der Waals surface area contributed by atoms with Crippen LogP contribution in [0.3, 0.4) is 0 Å². The Morgan fingerprint density at radius 2 is 1.81 bits per heavy atom. The molecule has 0 spiro atoms. The van der Waals surface area contributed by atoms with Gasteiger partial charge in [-0.1, -0.05) is 0 Å². The van der Waals surface area contributed by atoms with Gasteiger partial charge in [-0.3, -0.25) is 24.4 Å². The summed E-state index contributed by atoms with van der Waals surface area (Å²) in [6, 6.07) is 5.76. The molecule has 0 saturated heterocycles. The van der Waals surface area contributed by atoms with Crippen LogP contribution in [-0.4, -0.2) is 35.6 Å². The zero-order valence-corrected chi connectivity index (χ0v) is 15.8. The van der Waals surface area contributed by atoms with Gasteiger partial charge in [0.05, 0.1) is 18.1 Å². The minimum atomic E-state index is -4.54. The SMILES string of the molecule is O=C(Cn1cc(-c2ccnc(C(F)(F)F)c2)cn1)Nc1ccc(-c2cnccn2)cn1. The molecule has 11 heteroatoms. The Kier molecular flexibility index (Phi) is 5.39. The van der Waals surface area contributed by atoms with Gasteiger partial charge in [0.2, 0.25) is 5.91 Å². The molecule has 0 fully saturated rings. The van der Waals surface area contributed by atoms with Gasteiger partial charge in [0, 0.05) is 42.1 Å². The molecular formula is C20H14F3N7O. The fourth-order valence-electron chi connectivity index (χ4n) is 2.76. The first kappa shape index (κ1) is 20.1. The first-order valence-electron chi connectivity index (χ1n) is 8.97. The Bertz CT molecular complexity index is 1190. The summed E-state index contributed by atoms with van der Waals surface area (Å²) in [5, 5.41) is 6.68. The lowest BCUT2D eigenvalue weighted by Crippen LogP contribution is -2.19. The van der Waals surface area contributed by atoms with Crippen molar-refractivity contribution in [2.24, 2.45) is 0 Å². The van der Waals surface area contributed by atoms with E-state index in [4.69, 9.17) is 0 Å². The molecule has 31 heavy (non-hydrogen) atoms. The molecule has 0 aromatic carbocycles. The Morgan fingerprint density at radius 1 is 0.935 bits per heavy atom. The van der Waals surface area contributed by atoms with Gasteiger partial charge in [0.15, 0.2) is 0 Å². The molecule has 1 N–H and O–H groups in total. The summed E-state index contributed by atoms with van der Waals surface area (Å²) in [6.45, 7) is -0.134. The molecule has 0 aliphatic heterocycles. The van der Waals surface area contributed by atoms with Crippen molar-refractivity contribution >= 4 is 11.7 Å². The molecule has 4 aromatic rings. The molecule has 156 valence electrons. The maximum atomic E-state index is 12.8. The van der Waals surface area contributed by atoms with E-state index in [9.17, 15) is 18.0 Å². The number of rotatable bonds is 5. The highest BCUT2D eigenvalue weighted by atomic mass is 19.4. The molecule has 4 heterocycles. The summed E-state index contributed by atoms with van der Waals surface area (Å²) >= 11 is 0. The van der Waals surface area contributed by atoms with E-state index in [-0.39, 0.29) is 12.5 Å². The molecular weight excluding hydrogens is 411 g/mol. The number of amides is 1. The predicted octanol–water partition coefficient (Wildman–Crippen LogP) is 3.45. The van der Waals surface area contributed by atoms with E-state index in [1.807, 2.05) is 0 Å². The number of alkyl halides is 3. The molecule has 0 bridgehead atoms. The van der Waals surface area contributed by atoms with Crippen molar-refractivity contribution in [3.05, 3.63) is 73.3 Å². The smallest absolute Gasteiger partial charge is 0.309 e. The normalized spacial score (nSPS) is 11.3. The summed E-state index contributed by atoms with van der Waals surface area (Å²) in [7, 11) is 0. The van der Waals surface area contributed by atoms with Crippen LogP contribution in [0, 0.1) is 0 Å². The number of hydrogen-bond acceptors (Lipinski definition) is 6. The standard InChI is InChI=1S/C20H14F3N7O/c21-20(22,23)17-7-13(3-4-26-17)15-9-28-30(11-15)12-19(31)29-18-2-1-14(8-27-18)16-10-24-5-6-25-16/h1-11H,12H2,(H,27,29,31). The van der Waals surface area contributed by atoms with Gasteiger partial charge in [-0.25, -0.2) is 4.98 Å². The number of halogens is 3.